The molecule has 4 rings (SSSR count). The zero-order valence-corrected chi connectivity index (χ0v) is 15.1. The molecule has 0 aliphatic carbocycles. The van der Waals surface area contributed by atoms with Crippen LogP contribution in [0.2, 0.25) is 0 Å². The Labute approximate surface area is 157 Å². The highest BCUT2D eigenvalue weighted by molar-refractivity contribution is 5.94. The average Bonchev–Trinajstić information content (AvgIpc) is 3.08. The van der Waals surface area contributed by atoms with E-state index in [0.717, 1.165) is 17.0 Å². The molecule has 138 valence electrons. The van der Waals surface area contributed by atoms with Crippen molar-refractivity contribution in [1.29, 1.82) is 0 Å². The van der Waals surface area contributed by atoms with Gasteiger partial charge in [-0.15, -0.1) is 0 Å². The Morgan fingerprint density at radius 2 is 2.00 bits per heavy atom. The van der Waals surface area contributed by atoms with Gasteiger partial charge in [0.05, 0.1) is 18.8 Å². The summed E-state index contributed by atoms with van der Waals surface area (Å²) in [5.74, 6) is 0.169. The number of halogens is 1. The van der Waals surface area contributed by atoms with Crippen molar-refractivity contribution < 1.29 is 13.9 Å². The van der Waals surface area contributed by atoms with Crippen LogP contribution in [0.5, 0.6) is 5.75 Å². The molecule has 1 aliphatic heterocycles. The summed E-state index contributed by atoms with van der Waals surface area (Å²) in [4.78, 5) is 14.6. The maximum atomic E-state index is 13.2. The number of amides is 1. The maximum Gasteiger partial charge on any atom is 0.254 e. The lowest BCUT2D eigenvalue weighted by atomic mass is 10.1. The number of hydrogen-bond acceptors (Lipinski definition) is 3. The first-order chi connectivity index (χ1) is 13.1. The molecule has 2 aromatic carbocycles. The van der Waals surface area contributed by atoms with Crippen LogP contribution in [0.4, 0.5) is 4.39 Å². The van der Waals surface area contributed by atoms with Crippen molar-refractivity contribution in [3.63, 3.8) is 0 Å². The molecule has 3 aromatic rings. The van der Waals surface area contributed by atoms with E-state index >= 15 is 0 Å². The molecular formula is C21H20FN3O2. The average molecular weight is 365 g/mol. The second-order valence-corrected chi connectivity index (χ2v) is 6.69. The molecule has 0 fully saturated rings. The van der Waals surface area contributed by atoms with Gasteiger partial charge in [0.15, 0.2) is 0 Å². The molecule has 1 aliphatic rings. The van der Waals surface area contributed by atoms with Crippen LogP contribution in [0, 0.1) is 12.7 Å². The summed E-state index contributed by atoms with van der Waals surface area (Å²) in [5, 5.41) is 4.53. The maximum absolute atomic E-state index is 13.2. The Hall–Kier alpha value is -3.15. The molecular weight excluding hydrogens is 345 g/mol. The fourth-order valence-corrected chi connectivity index (χ4v) is 3.24. The molecule has 0 saturated heterocycles. The minimum absolute atomic E-state index is 0.0312. The molecule has 0 bridgehead atoms. The summed E-state index contributed by atoms with van der Waals surface area (Å²) in [6.45, 7) is 4.01. The largest absolute Gasteiger partial charge is 0.487 e. The number of aromatic nitrogens is 2. The van der Waals surface area contributed by atoms with Crippen molar-refractivity contribution in [3.05, 3.63) is 82.9 Å². The molecule has 0 N–H and O–H groups in total. The van der Waals surface area contributed by atoms with E-state index in [-0.39, 0.29) is 18.3 Å². The Bertz CT molecular complexity index is 983. The molecule has 0 spiro atoms. The van der Waals surface area contributed by atoms with Crippen LogP contribution in [0.1, 0.15) is 27.3 Å². The third-order valence-electron chi connectivity index (χ3n) is 4.58. The normalized spacial score (nSPS) is 13.3. The molecule has 0 saturated carbocycles. The van der Waals surface area contributed by atoms with Crippen molar-refractivity contribution in [3.8, 4) is 5.75 Å². The molecule has 6 heteroatoms. The van der Waals surface area contributed by atoms with Gasteiger partial charge in [-0.2, -0.15) is 5.10 Å². The molecule has 0 unspecified atom stereocenters. The van der Waals surface area contributed by atoms with Gasteiger partial charge in [-0.3, -0.25) is 9.48 Å². The topological polar surface area (TPSA) is 47.4 Å². The number of carbonyl (C=O) groups is 1. The van der Waals surface area contributed by atoms with E-state index in [2.05, 4.69) is 5.10 Å². The summed E-state index contributed by atoms with van der Waals surface area (Å²) >= 11 is 0. The molecule has 5 nitrogen and oxygen atoms in total. The van der Waals surface area contributed by atoms with E-state index < -0.39 is 0 Å². The smallest absolute Gasteiger partial charge is 0.254 e. The van der Waals surface area contributed by atoms with Gasteiger partial charge in [0, 0.05) is 18.2 Å². The quantitative estimate of drug-likeness (QED) is 0.710. The number of hydrogen-bond donors (Lipinski definition) is 0. The summed E-state index contributed by atoms with van der Waals surface area (Å²) in [6, 6.07) is 15.6. The van der Waals surface area contributed by atoms with E-state index in [1.807, 2.05) is 46.8 Å². The van der Waals surface area contributed by atoms with Crippen LogP contribution in [0.25, 0.3) is 0 Å². The predicted molar refractivity (Wildman–Crippen MR) is 98.9 cm³/mol. The Morgan fingerprint density at radius 1 is 1.15 bits per heavy atom. The van der Waals surface area contributed by atoms with Gasteiger partial charge in [-0.05, 0) is 37.3 Å². The van der Waals surface area contributed by atoms with Gasteiger partial charge in [0.2, 0.25) is 0 Å². The van der Waals surface area contributed by atoms with Crippen LogP contribution in [0.15, 0.2) is 54.6 Å². The van der Waals surface area contributed by atoms with E-state index in [9.17, 15) is 9.18 Å². The summed E-state index contributed by atoms with van der Waals surface area (Å²) in [5.41, 5.74) is 3.51. The van der Waals surface area contributed by atoms with E-state index in [0.29, 0.717) is 30.9 Å². The number of fused-ring (bicyclic) bond motifs is 1. The molecule has 1 amide bonds. The number of benzene rings is 2. The van der Waals surface area contributed by atoms with E-state index in [1.165, 1.54) is 12.1 Å². The van der Waals surface area contributed by atoms with Crippen molar-refractivity contribution in [2.45, 2.75) is 26.6 Å². The van der Waals surface area contributed by atoms with Crippen LogP contribution in [-0.2, 0) is 19.7 Å². The fourth-order valence-electron chi connectivity index (χ4n) is 3.24. The molecule has 27 heavy (non-hydrogen) atoms. The van der Waals surface area contributed by atoms with Gasteiger partial charge >= 0.3 is 0 Å². The minimum atomic E-state index is -0.332. The monoisotopic (exact) mass is 365 g/mol. The van der Waals surface area contributed by atoms with E-state index in [4.69, 9.17) is 4.74 Å². The Kier molecular flexibility index (Phi) is 4.62. The van der Waals surface area contributed by atoms with Crippen LogP contribution in [-0.4, -0.2) is 27.1 Å². The van der Waals surface area contributed by atoms with Crippen molar-refractivity contribution in [1.82, 2.24) is 14.7 Å². The zero-order chi connectivity index (χ0) is 18.8. The highest BCUT2D eigenvalue weighted by Crippen LogP contribution is 2.19. The first-order valence-electron chi connectivity index (χ1n) is 8.88. The number of rotatable bonds is 4. The summed E-state index contributed by atoms with van der Waals surface area (Å²) < 4.78 is 20.7. The van der Waals surface area contributed by atoms with Gasteiger partial charge < -0.3 is 9.64 Å². The first-order valence-corrected chi connectivity index (χ1v) is 8.88. The first kappa shape index (κ1) is 17.3. The SMILES string of the molecule is Cc1cccc(C(=O)N2CCn3nc(COc4cccc(F)c4)cc3C2)c1. The van der Waals surface area contributed by atoms with Crippen molar-refractivity contribution in [2.24, 2.45) is 0 Å². The van der Waals surface area contributed by atoms with Crippen molar-refractivity contribution in [2.75, 3.05) is 6.54 Å². The highest BCUT2D eigenvalue weighted by atomic mass is 19.1. The number of carbonyl (C=O) groups excluding carboxylic acids is 1. The number of ether oxygens (including phenoxy) is 1. The van der Waals surface area contributed by atoms with Crippen LogP contribution < -0.4 is 4.74 Å². The predicted octanol–water partition coefficient (Wildman–Crippen LogP) is 3.57. The van der Waals surface area contributed by atoms with Gasteiger partial charge in [-0.25, -0.2) is 4.39 Å². The zero-order valence-electron chi connectivity index (χ0n) is 15.1. The molecule has 1 aromatic heterocycles. The highest BCUT2D eigenvalue weighted by Gasteiger charge is 2.23. The summed E-state index contributed by atoms with van der Waals surface area (Å²) in [7, 11) is 0. The third-order valence-corrected chi connectivity index (χ3v) is 4.58. The van der Waals surface area contributed by atoms with E-state index in [1.54, 1.807) is 12.1 Å². The molecule has 2 heterocycles. The lowest BCUT2D eigenvalue weighted by molar-refractivity contribution is 0.0706. The second-order valence-electron chi connectivity index (χ2n) is 6.69. The van der Waals surface area contributed by atoms with Gasteiger partial charge in [0.1, 0.15) is 23.9 Å². The van der Waals surface area contributed by atoms with Gasteiger partial charge in [-0.1, -0.05) is 23.8 Å². The van der Waals surface area contributed by atoms with Gasteiger partial charge in [0.25, 0.3) is 5.91 Å². The van der Waals surface area contributed by atoms with Crippen LogP contribution in [0.3, 0.4) is 0 Å². The third kappa shape index (κ3) is 3.84. The Morgan fingerprint density at radius 3 is 2.81 bits per heavy atom. The second kappa shape index (κ2) is 7.23. The number of nitrogens with zero attached hydrogens (tertiary/aromatic N) is 3. The lowest BCUT2D eigenvalue weighted by Gasteiger charge is -2.27. The fraction of sp³-hybridized carbons (Fsp3) is 0.238. The molecule has 0 atom stereocenters. The standard InChI is InChI=1S/C21H20FN3O2/c1-15-4-2-5-16(10-15)21(26)24-8-9-25-19(13-24)12-18(23-25)14-27-20-7-3-6-17(22)11-20/h2-7,10-12H,8-9,13-14H2,1H3. The summed E-state index contributed by atoms with van der Waals surface area (Å²) in [6.07, 6.45) is 0. The molecule has 0 radical (unpaired) electrons. The number of aryl methyl sites for hydroxylation is 1. The minimum Gasteiger partial charge on any atom is -0.487 e. The lowest BCUT2D eigenvalue weighted by Crippen LogP contribution is -2.38. The van der Waals surface area contributed by atoms with Crippen molar-refractivity contribution >= 4 is 5.91 Å². The Balaban J connectivity index is 1.43. The van der Waals surface area contributed by atoms with Crippen LogP contribution >= 0.6 is 0 Å².